The lowest BCUT2D eigenvalue weighted by Gasteiger charge is -2.24. The molecule has 0 aliphatic heterocycles. The van der Waals surface area contributed by atoms with Crippen molar-refractivity contribution in [3.8, 4) is 5.75 Å². The number of rotatable bonds is 38. The highest BCUT2D eigenvalue weighted by molar-refractivity contribution is 7.47. The summed E-state index contributed by atoms with van der Waals surface area (Å²) in [6.07, 6.45) is 19.1. The van der Waals surface area contributed by atoms with Crippen molar-refractivity contribution in [2.24, 2.45) is 0 Å². The lowest BCUT2D eigenvalue weighted by atomic mass is 10.0. The SMILES string of the molecule is CCCCCCCCCCCCCCCCCOCOCC(COP(=O)(O)OCC[N+](C)(C)C)OCOCCNCOC(C)c1ccc2cc(OC)ccc2c1. The average molecular weight is 814 g/mol. The summed E-state index contributed by atoms with van der Waals surface area (Å²) in [7, 11) is 3.33. The summed E-state index contributed by atoms with van der Waals surface area (Å²) in [6, 6.07) is 12.3. The number of phosphoric ester groups is 1. The molecule has 56 heavy (non-hydrogen) atoms. The fourth-order valence-electron chi connectivity index (χ4n) is 5.98. The minimum Gasteiger partial charge on any atom is -0.497 e. The molecule has 324 valence electrons. The maximum atomic E-state index is 12.5. The van der Waals surface area contributed by atoms with Gasteiger partial charge in [0, 0.05) is 13.2 Å². The molecule has 0 amide bonds. The van der Waals surface area contributed by atoms with Crippen LogP contribution in [0.2, 0.25) is 0 Å². The van der Waals surface area contributed by atoms with Crippen molar-refractivity contribution in [2.75, 3.05) is 94.7 Å². The number of nitrogens with one attached hydrogen (secondary N) is 1. The van der Waals surface area contributed by atoms with Crippen molar-refractivity contribution in [1.82, 2.24) is 5.32 Å². The molecular formula is C43H78N2O10P+. The Labute approximate surface area is 339 Å². The van der Waals surface area contributed by atoms with Gasteiger partial charge in [0.15, 0.2) is 0 Å². The summed E-state index contributed by atoms with van der Waals surface area (Å²) in [4.78, 5) is 10.2. The molecule has 0 aliphatic rings. The molecule has 0 saturated carbocycles. The van der Waals surface area contributed by atoms with Gasteiger partial charge < -0.3 is 37.8 Å². The van der Waals surface area contributed by atoms with Crippen molar-refractivity contribution in [2.45, 2.75) is 122 Å². The Hall–Kier alpha value is -1.67. The summed E-state index contributed by atoms with van der Waals surface area (Å²) in [5.41, 5.74) is 1.09. The van der Waals surface area contributed by atoms with E-state index in [4.69, 9.17) is 37.5 Å². The zero-order valence-corrected chi connectivity index (χ0v) is 36.7. The van der Waals surface area contributed by atoms with Crippen molar-refractivity contribution < 1.29 is 51.4 Å². The Bertz CT molecular complexity index is 1300. The van der Waals surface area contributed by atoms with Crippen LogP contribution in [0.1, 0.15) is 122 Å². The first-order valence-electron chi connectivity index (χ1n) is 21.2. The number of ether oxygens (including phenoxy) is 6. The van der Waals surface area contributed by atoms with Crippen LogP contribution >= 0.6 is 7.82 Å². The van der Waals surface area contributed by atoms with Crippen molar-refractivity contribution in [3.63, 3.8) is 0 Å². The number of hydrogen-bond acceptors (Lipinski definition) is 10. The molecule has 0 radical (unpaired) electrons. The first-order valence-corrected chi connectivity index (χ1v) is 22.7. The van der Waals surface area contributed by atoms with E-state index in [2.05, 4.69) is 30.4 Å². The highest BCUT2D eigenvalue weighted by Gasteiger charge is 2.25. The quantitative estimate of drug-likeness (QED) is 0.0292. The predicted molar refractivity (Wildman–Crippen MR) is 225 cm³/mol. The number of fused-ring (bicyclic) bond motifs is 1. The van der Waals surface area contributed by atoms with Gasteiger partial charge in [-0.2, -0.15) is 0 Å². The van der Waals surface area contributed by atoms with Gasteiger partial charge in [0.1, 0.15) is 38.6 Å². The zero-order chi connectivity index (χ0) is 40.7. The van der Waals surface area contributed by atoms with Gasteiger partial charge in [0.2, 0.25) is 0 Å². The fourth-order valence-corrected chi connectivity index (χ4v) is 6.73. The number of methoxy groups -OCH3 is 1. The summed E-state index contributed by atoms with van der Waals surface area (Å²) in [6.45, 7) is 6.80. The van der Waals surface area contributed by atoms with Gasteiger partial charge in [0.05, 0.1) is 60.9 Å². The Balaban J connectivity index is 1.58. The summed E-state index contributed by atoms with van der Waals surface area (Å²) < 4.78 is 57.6. The molecule has 2 rings (SSSR count). The topological polar surface area (TPSA) is 123 Å². The molecule has 2 N–H and O–H groups in total. The molecule has 2 aromatic rings. The van der Waals surface area contributed by atoms with Gasteiger partial charge >= 0.3 is 7.82 Å². The first-order chi connectivity index (χ1) is 27.0. The number of phosphoric acid groups is 1. The summed E-state index contributed by atoms with van der Waals surface area (Å²) >= 11 is 0. The average Bonchev–Trinajstić information content (AvgIpc) is 3.17. The fraction of sp³-hybridized carbons (Fsp3) is 0.767. The zero-order valence-electron chi connectivity index (χ0n) is 35.8. The first kappa shape index (κ1) is 50.5. The van der Waals surface area contributed by atoms with E-state index in [-0.39, 0.29) is 39.5 Å². The highest BCUT2D eigenvalue weighted by Crippen LogP contribution is 2.43. The molecule has 12 nitrogen and oxygen atoms in total. The number of unbranched alkanes of at least 4 members (excludes halogenated alkanes) is 14. The van der Waals surface area contributed by atoms with Crippen LogP contribution in [0.3, 0.4) is 0 Å². The Kier molecular flexibility index (Phi) is 28.2. The molecule has 2 aromatic carbocycles. The van der Waals surface area contributed by atoms with Crippen LogP contribution in [-0.4, -0.2) is 110 Å². The van der Waals surface area contributed by atoms with Crippen LogP contribution in [-0.2, 0) is 37.3 Å². The minimum atomic E-state index is -4.26. The van der Waals surface area contributed by atoms with E-state index in [1.807, 2.05) is 46.3 Å². The van der Waals surface area contributed by atoms with E-state index >= 15 is 0 Å². The number of likely N-dealkylation sites (N-methyl/N-ethyl adjacent to an activating group) is 1. The van der Waals surface area contributed by atoms with Gasteiger partial charge in [-0.05, 0) is 47.9 Å². The van der Waals surface area contributed by atoms with Crippen molar-refractivity contribution >= 4 is 18.6 Å². The molecular weight excluding hydrogens is 735 g/mol. The van der Waals surface area contributed by atoms with E-state index in [0.29, 0.717) is 37.5 Å². The minimum absolute atomic E-state index is 0.0454. The van der Waals surface area contributed by atoms with E-state index < -0.39 is 13.9 Å². The third-order valence-corrected chi connectivity index (χ3v) is 10.6. The van der Waals surface area contributed by atoms with Gasteiger partial charge in [0.25, 0.3) is 0 Å². The number of nitrogens with zero attached hydrogens (tertiary/aromatic N) is 1. The Morgan fingerprint density at radius 2 is 1.30 bits per heavy atom. The van der Waals surface area contributed by atoms with Gasteiger partial charge in [-0.3, -0.25) is 14.4 Å². The smallest absolute Gasteiger partial charge is 0.472 e. The second-order valence-electron chi connectivity index (χ2n) is 15.7. The molecule has 3 unspecified atom stereocenters. The van der Waals surface area contributed by atoms with E-state index in [0.717, 1.165) is 34.9 Å². The van der Waals surface area contributed by atoms with Gasteiger partial charge in [-0.15, -0.1) is 0 Å². The second-order valence-corrected chi connectivity index (χ2v) is 17.2. The number of hydrogen-bond donors (Lipinski definition) is 2. The Morgan fingerprint density at radius 3 is 1.95 bits per heavy atom. The number of benzene rings is 2. The molecule has 0 aliphatic carbocycles. The Morgan fingerprint density at radius 1 is 0.696 bits per heavy atom. The van der Waals surface area contributed by atoms with Crippen molar-refractivity contribution in [1.29, 1.82) is 0 Å². The second kappa shape index (κ2) is 31.3. The molecule has 13 heteroatoms. The van der Waals surface area contributed by atoms with E-state index in [9.17, 15) is 9.46 Å². The van der Waals surface area contributed by atoms with Crippen molar-refractivity contribution in [3.05, 3.63) is 42.0 Å². The van der Waals surface area contributed by atoms with Crippen LogP contribution in [0.5, 0.6) is 5.75 Å². The van der Waals surface area contributed by atoms with Crippen LogP contribution < -0.4 is 10.1 Å². The van der Waals surface area contributed by atoms with Crippen LogP contribution in [0.25, 0.3) is 10.8 Å². The van der Waals surface area contributed by atoms with E-state index in [1.54, 1.807) is 7.11 Å². The molecule has 0 bridgehead atoms. The maximum absolute atomic E-state index is 12.5. The molecule has 0 spiro atoms. The third kappa shape index (κ3) is 26.4. The third-order valence-electron chi connectivity index (χ3n) is 9.59. The highest BCUT2D eigenvalue weighted by atomic mass is 31.2. The maximum Gasteiger partial charge on any atom is 0.472 e. The monoisotopic (exact) mass is 814 g/mol. The molecule has 0 aromatic heterocycles. The lowest BCUT2D eigenvalue weighted by molar-refractivity contribution is -0.870. The predicted octanol–water partition coefficient (Wildman–Crippen LogP) is 9.53. The molecule has 3 atom stereocenters. The van der Waals surface area contributed by atoms with Gasteiger partial charge in [-0.1, -0.05) is 115 Å². The summed E-state index contributed by atoms with van der Waals surface area (Å²) in [5.74, 6) is 0.834. The van der Waals surface area contributed by atoms with Gasteiger partial charge in [-0.25, -0.2) is 4.57 Å². The van der Waals surface area contributed by atoms with Crippen LogP contribution in [0, 0.1) is 0 Å². The molecule has 0 heterocycles. The van der Waals surface area contributed by atoms with E-state index in [1.165, 1.54) is 83.5 Å². The largest absolute Gasteiger partial charge is 0.497 e. The van der Waals surface area contributed by atoms with Crippen LogP contribution in [0.15, 0.2) is 36.4 Å². The number of quaternary nitrogens is 1. The lowest BCUT2D eigenvalue weighted by Crippen LogP contribution is -2.37. The normalized spacial score (nSPS) is 14.3. The van der Waals surface area contributed by atoms with Crippen LogP contribution in [0.4, 0.5) is 0 Å². The standard InChI is InChI=1S/C43H77N2O10P/c1-7-8-9-10-11-12-13-14-15-16-17-18-19-20-21-28-49-36-51-33-43(34-55-56(46,47)54-30-27-45(3,4)5)53-37-50-29-26-44-35-52-38(2)39-22-23-41-32-42(48-6)25-24-40(41)31-39/h22-25,31-32,38,43-44H,7-21,26-30,33-37H2,1-6H3/p+1. The molecule has 0 fully saturated rings. The summed E-state index contributed by atoms with van der Waals surface area (Å²) in [5, 5.41) is 5.47. The molecule has 0 saturated heterocycles.